The minimum atomic E-state index is -0.674. The summed E-state index contributed by atoms with van der Waals surface area (Å²) in [7, 11) is 13.5. The lowest BCUT2D eigenvalue weighted by Crippen LogP contribution is -2.33. The van der Waals surface area contributed by atoms with Crippen LogP contribution in [0.3, 0.4) is 0 Å². The summed E-state index contributed by atoms with van der Waals surface area (Å²) in [4.78, 5) is 126. The van der Waals surface area contributed by atoms with Crippen molar-refractivity contribution < 1.29 is 100.0 Å². The van der Waals surface area contributed by atoms with Gasteiger partial charge in [-0.05, 0) is 120 Å². The van der Waals surface area contributed by atoms with Crippen molar-refractivity contribution in [1.82, 2.24) is 29.8 Å². The summed E-state index contributed by atoms with van der Waals surface area (Å²) in [5.74, 6) is 0.700. The van der Waals surface area contributed by atoms with Gasteiger partial charge in [0.05, 0.1) is 89.8 Å². The quantitative estimate of drug-likeness (QED) is 0.0477. The summed E-state index contributed by atoms with van der Waals surface area (Å²) in [6.07, 6.45) is 9.85. The van der Waals surface area contributed by atoms with Gasteiger partial charge in [-0.1, -0.05) is 37.8 Å². The number of nitrogens with zero attached hydrogens (tertiary/aromatic N) is 5. The first-order chi connectivity index (χ1) is 48.9. The maximum absolute atomic E-state index is 14.1. The highest BCUT2D eigenvalue weighted by atomic mass is 32.2. The Labute approximate surface area is 609 Å². The van der Waals surface area contributed by atoms with Crippen molar-refractivity contribution in [3.05, 3.63) is 29.8 Å². The number of rotatable bonds is 65. The molecule has 1 N–H and O–H groups in total. The fourth-order valence-electron chi connectivity index (χ4n) is 10.9. The Morgan fingerprint density at radius 2 is 0.960 bits per heavy atom. The Morgan fingerprint density at radius 1 is 0.505 bits per heavy atom. The summed E-state index contributed by atoms with van der Waals surface area (Å²) in [5, 5.41) is 1.56. The molecule has 0 aliphatic carbocycles. The van der Waals surface area contributed by atoms with Crippen LogP contribution < -0.4 is 10.1 Å². The summed E-state index contributed by atoms with van der Waals surface area (Å²) in [6.45, 7) is 8.55. The van der Waals surface area contributed by atoms with E-state index in [1.807, 2.05) is 23.9 Å². The average molecular weight is 1470 g/mol. The van der Waals surface area contributed by atoms with E-state index in [1.165, 1.54) is 45.3 Å². The van der Waals surface area contributed by atoms with Gasteiger partial charge >= 0.3 is 12.2 Å². The molecule has 0 radical (unpaired) electrons. The molecule has 7 amide bonds. The van der Waals surface area contributed by atoms with Crippen molar-refractivity contribution in [2.24, 2.45) is 0 Å². The molecule has 2 saturated heterocycles. The third-order valence-corrected chi connectivity index (χ3v) is 19.4. The lowest BCUT2D eigenvalue weighted by molar-refractivity contribution is -0.140. The van der Waals surface area contributed by atoms with Gasteiger partial charge in [0, 0.05) is 133 Å². The Hall–Kier alpha value is -4.89. The molecular formula is C72H122N6O21S2. The first-order valence-corrected chi connectivity index (χ1v) is 38.3. The van der Waals surface area contributed by atoms with Crippen molar-refractivity contribution in [2.75, 3.05) is 200 Å². The molecule has 2 heterocycles. The molecule has 0 bridgehead atoms. The van der Waals surface area contributed by atoms with Gasteiger partial charge in [0.15, 0.2) is 0 Å². The number of imide groups is 2. The van der Waals surface area contributed by atoms with Crippen LogP contribution in [-0.2, 0) is 85.7 Å². The zero-order valence-electron chi connectivity index (χ0n) is 61.9. The number of ether oxygens (including phenoxy) is 12. The third-order valence-electron chi connectivity index (χ3n) is 16.8. The monoisotopic (exact) mass is 1470 g/mol. The molecule has 29 heteroatoms. The van der Waals surface area contributed by atoms with Crippen LogP contribution in [0.2, 0.25) is 0 Å². The van der Waals surface area contributed by atoms with Gasteiger partial charge in [0.2, 0.25) is 29.5 Å². The Balaban J connectivity index is 1.46. The van der Waals surface area contributed by atoms with Crippen LogP contribution in [0.1, 0.15) is 153 Å². The molecular weight excluding hydrogens is 1350 g/mol. The van der Waals surface area contributed by atoms with E-state index in [9.17, 15) is 43.2 Å². The first kappa shape index (κ1) is 90.3. The summed E-state index contributed by atoms with van der Waals surface area (Å²) in [6, 6.07) is 6.82. The summed E-state index contributed by atoms with van der Waals surface area (Å²) < 4.78 is 66.0. The van der Waals surface area contributed by atoms with Gasteiger partial charge in [0.1, 0.15) is 35.6 Å². The van der Waals surface area contributed by atoms with Gasteiger partial charge in [-0.15, -0.1) is 23.5 Å². The number of ketones is 2. The number of hydrogen-bond donors (Lipinski definition) is 1. The average Bonchev–Trinajstić information content (AvgIpc) is 1.72. The molecule has 4 unspecified atom stereocenters. The molecule has 3 rings (SSSR count). The predicted octanol–water partition coefficient (Wildman–Crippen LogP) is 7.99. The second-order valence-corrected chi connectivity index (χ2v) is 28.0. The third kappa shape index (κ3) is 41.4. The standard InChI is InChI=1S/C72H122N6O21S2/c1-73-71(86)99-63(57-27-29-60(30-28-57)98-72(87)75(4)34-22-33-74(2)3)25-21-26-66(81)76(35-15-9-11-19-49-100-64-51-67(82)77(69(64)84)37-31-58(79)23-13-17-39-92-53-61(96-47-43-90-7)55-94-45-41-88-5)36-16-10-12-20-50-101-65-52-68(83)78(70(65)85)38-32-59(80)24-14-18-40-93-54-62(97-48-44-91-8)56-95-46-42-89-6/h27-30,61-65H,9-26,31-56H2,1-8H3,(H,73,86)/t61?,62?,63-,64?,65?/m0/s1. The van der Waals surface area contributed by atoms with Crippen LogP contribution in [0, 0.1) is 0 Å². The zero-order valence-corrected chi connectivity index (χ0v) is 63.6. The molecule has 5 atom stereocenters. The van der Waals surface area contributed by atoms with Gasteiger partial charge in [0.25, 0.3) is 0 Å². The highest BCUT2D eigenvalue weighted by Gasteiger charge is 2.40. The molecule has 1 aromatic rings. The molecule has 578 valence electrons. The number of Topliss-reactive ketones (excluding diaryl/α,β-unsaturated/α-hetero) is 2. The molecule has 0 saturated carbocycles. The smallest absolute Gasteiger partial charge is 0.414 e. The van der Waals surface area contributed by atoms with E-state index in [2.05, 4.69) is 5.32 Å². The minimum Gasteiger partial charge on any atom is -0.441 e. The molecule has 2 aliphatic rings. The number of nitrogens with one attached hydrogen (secondary N) is 1. The number of likely N-dealkylation sites (tertiary alicyclic amines) is 2. The van der Waals surface area contributed by atoms with E-state index < -0.39 is 28.8 Å². The highest BCUT2D eigenvalue weighted by molar-refractivity contribution is 8.00. The maximum Gasteiger partial charge on any atom is 0.414 e. The second kappa shape index (κ2) is 57.4. The van der Waals surface area contributed by atoms with E-state index >= 15 is 0 Å². The molecule has 27 nitrogen and oxygen atoms in total. The fourth-order valence-corrected chi connectivity index (χ4v) is 13.3. The molecule has 2 fully saturated rings. The molecule has 101 heavy (non-hydrogen) atoms. The Kier molecular flexibility index (Phi) is 51.4. The Bertz CT molecular complexity index is 2370. The van der Waals surface area contributed by atoms with Crippen molar-refractivity contribution in [3.8, 4) is 5.75 Å². The number of carbonyl (C=O) groups is 9. The van der Waals surface area contributed by atoms with Gasteiger partial charge in [-0.3, -0.25) is 43.4 Å². The van der Waals surface area contributed by atoms with Gasteiger partial charge in [-0.2, -0.15) is 0 Å². The Morgan fingerprint density at radius 3 is 1.42 bits per heavy atom. The normalized spacial score (nSPS) is 15.6. The predicted molar refractivity (Wildman–Crippen MR) is 386 cm³/mol. The van der Waals surface area contributed by atoms with E-state index in [4.69, 9.17) is 56.8 Å². The van der Waals surface area contributed by atoms with Gasteiger partial charge < -0.3 is 76.9 Å². The van der Waals surface area contributed by atoms with Crippen molar-refractivity contribution in [1.29, 1.82) is 0 Å². The number of methoxy groups -OCH3 is 4. The van der Waals surface area contributed by atoms with Crippen LogP contribution in [0.15, 0.2) is 24.3 Å². The second-order valence-electron chi connectivity index (χ2n) is 25.4. The van der Waals surface area contributed by atoms with Crippen LogP contribution in [-0.4, -0.2) is 300 Å². The van der Waals surface area contributed by atoms with Crippen molar-refractivity contribution >= 4 is 76.8 Å². The molecule has 0 aromatic heterocycles. The van der Waals surface area contributed by atoms with Crippen molar-refractivity contribution in [2.45, 2.75) is 170 Å². The van der Waals surface area contributed by atoms with E-state index in [0.29, 0.717) is 186 Å². The van der Waals surface area contributed by atoms with Crippen molar-refractivity contribution in [3.63, 3.8) is 0 Å². The van der Waals surface area contributed by atoms with Crippen LogP contribution in [0.25, 0.3) is 0 Å². The van der Waals surface area contributed by atoms with Crippen LogP contribution >= 0.6 is 23.5 Å². The lowest BCUT2D eigenvalue weighted by Gasteiger charge is -2.24. The van der Waals surface area contributed by atoms with E-state index in [-0.39, 0.29) is 98.5 Å². The van der Waals surface area contributed by atoms with E-state index in [0.717, 1.165) is 64.3 Å². The highest BCUT2D eigenvalue weighted by Crippen LogP contribution is 2.30. The number of alkyl carbamates (subject to hydrolysis) is 1. The SMILES string of the molecule is CNC(=O)O[C@@H](CCCC(=O)N(CCCCCCSC1CC(=O)N(CCC(=O)CCCCOCC(COCCOC)OCCOC)C1=O)CCCCCCSC1CC(=O)N(CCC(=O)CCCCOCC(COCCOC)OCCOC)C1=O)c1ccc(OC(=O)N(C)CCCN(C)C)cc1. The maximum atomic E-state index is 14.1. The number of amides is 7. The number of benzene rings is 1. The van der Waals surface area contributed by atoms with Crippen LogP contribution in [0.5, 0.6) is 5.75 Å². The lowest BCUT2D eigenvalue weighted by atomic mass is 10.0. The molecule has 1 aromatic carbocycles. The summed E-state index contributed by atoms with van der Waals surface area (Å²) >= 11 is 2.95. The fraction of sp³-hybridized carbons (Fsp3) is 0.792. The number of carbonyl (C=O) groups excluding carboxylic acids is 9. The molecule has 0 spiro atoms. The molecule has 2 aliphatic heterocycles. The minimum absolute atomic E-state index is 0.00851. The van der Waals surface area contributed by atoms with Crippen LogP contribution in [0.4, 0.5) is 9.59 Å². The topological polar surface area (TPSA) is 293 Å². The van der Waals surface area contributed by atoms with Gasteiger partial charge in [-0.25, -0.2) is 9.59 Å². The van der Waals surface area contributed by atoms with E-state index in [1.54, 1.807) is 59.8 Å². The number of thioether (sulfide) groups is 2. The number of hydrogen-bond acceptors (Lipinski definition) is 24. The first-order valence-electron chi connectivity index (χ1n) is 36.2. The zero-order chi connectivity index (χ0) is 73.7. The largest absolute Gasteiger partial charge is 0.441 e. The summed E-state index contributed by atoms with van der Waals surface area (Å²) in [5.41, 5.74) is 0.685. The number of unbranched alkanes of at least 4 members (excludes halogenated alkanes) is 8.